The van der Waals surface area contributed by atoms with Gasteiger partial charge in [-0.1, -0.05) is 12.1 Å². The maximum atomic E-state index is 12.6. The average molecular weight is 365 g/mol. The molecule has 2 N–H and O–H groups in total. The first-order valence-corrected chi connectivity index (χ1v) is 8.98. The van der Waals surface area contributed by atoms with Crippen LogP contribution in [0.25, 0.3) is 0 Å². The minimum Gasteiger partial charge on any atom is -0.338 e. The zero-order chi connectivity index (χ0) is 19.4. The van der Waals surface area contributed by atoms with Crippen LogP contribution in [0.2, 0.25) is 0 Å². The Bertz CT molecular complexity index is 892. The molecule has 0 radical (unpaired) electrons. The molecule has 2 aromatic rings. The Hall–Kier alpha value is -3.15. The van der Waals surface area contributed by atoms with E-state index in [4.69, 9.17) is 0 Å². The highest BCUT2D eigenvalue weighted by molar-refractivity contribution is 6.04. The normalized spacial score (nSPS) is 13.6. The fourth-order valence-electron chi connectivity index (χ4n) is 3.18. The van der Waals surface area contributed by atoms with Gasteiger partial charge in [-0.15, -0.1) is 0 Å². The smallest absolute Gasteiger partial charge is 0.255 e. The molecule has 0 aromatic heterocycles. The first kappa shape index (κ1) is 18.6. The number of benzene rings is 2. The lowest BCUT2D eigenvalue weighted by molar-refractivity contribution is -0.128. The number of carbonyl (C=O) groups is 3. The van der Waals surface area contributed by atoms with Gasteiger partial charge in [0.15, 0.2) is 0 Å². The number of likely N-dealkylation sites (tertiary alicyclic amines) is 1. The molecule has 0 bridgehead atoms. The minimum atomic E-state index is -0.212. The van der Waals surface area contributed by atoms with Gasteiger partial charge < -0.3 is 15.5 Å². The van der Waals surface area contributed by atoms with Crippen molar-refractivity contribution in [2.45, 2.75) is 33.2 Å². The average Bonchev–Trinajstić information content (AvgIpc) is 3.02. The first-order chi connectivity index (χ1) is 12.9. The Morgan fingerprint density at radius 2 is 1.93 bits per heavy atom. The summed E-state index contributed by atoms with van der Waals surface area (Å²) in [6.07, 6.45) is 1.50. The van der Waals surface area contributed by atoms with Crippen LogP contribution >= 0.6 is 0 Å². The summed E-state index contributed by atoms with van der Waals surface area (Å²) in [5.74, 6) is -0.181. The topological polar surface area (TPSA) is 78.5 Å². The van der Waals surface area contributed by atoms with Crippen molar-refractivity contribution >= 4 is 29.1 Å². The molecule has 0 atom stereocenters. The monoisotopic (exact) mass is 365 g/mol. The van der Waals surface area contributed by atoms with E-state index in [9.17, 15) is 14.4 Å². The van der Waals surface area contributed by atoms with E-state index in [0.717, 1.165) is 29.8 Å². The molecule has 0 unspecified atom stereocenters. The summed E-state index contributed by atoms with van der Waals surface area (Å²) < 4.78 is 0. The summed E-state index contributed by atoms with van der Waals surface area (Å²) in [6, 6.07) is 12.7. The fourth-order valence-corrected chi connectivity index (χ4v) is 3.18. The molecule has 2 aromatic carbocycles. The van der Waals surface area contributed by atoms with E-state index in [1.165, 1.54) is 6.92 Å². The summed E-state index contributed by atoms with van der Waals surface area (Å²) in [4.78, 5) is 37.4. The molecule has 1 saturated heterocycles. The minimum absolute atomic E-state index is 0.136. The van der Waals surface area contributed by atoms with Crippen LogP contribution in [-0.4, -0.2) is 29.2 Å². The van der Waals surface area contributed by atoms with Crippen molar-refractivity contribution in [3.8, 4) is 0 Å². The van der Waals surface area contributed by atoms with Crippen molar-refractivity contribution in [3.63, 3.8) is 0 Å². The Labute approximate surface area is 158 Å². The van der Waals surface area contributed by atoms with E-state index in [1.54, 1.807) is 18.2 Å². The Morgan fingerprint density at radius 3 is 2.59 bits per heavy atom. The number of amides is 3. The van der Waals surface area contributed by atoms with Gasteiger partial charge in [0.25, 0.3) is 5.91 Å². The quantitative estimate of drug-likeness (QED) is 0.853. The molecule has 1 aliphatic rings. The van der Waals surface area contributed by atoms with Crippen molar-refractivity contribution in [3.05, 3.63) is 59.2 Å². The lowest BCUT2D eigenvalue weighted by Crippen LogP contribution is -2.24. The number of carbonyl (C=O) groups excluding carboxylic acids is 3. The van der Waals surface area contributed by atoms with Crippen molar-refractivity contribution < 1.29 is 14.4 Å². The molecule has 0 aliphatic carbocycles. The van der Waals surface area contributed by atoms with Gasteiger partial charge in [-0.05, 0) is 54.8 Å². The standard InChI is InChI=1S/C21H23N3O3/c1-14-11-18(8-9-19(14)22-15(2)25)23-21(27)17-6-3-5-16(12-17)13-24-10-4-7-20(24)26/h3,5-6,8-9,11-12H,4,7,10,13H2,1-2H3,(H,22,25)(H,23,27). The summed E-state index contributed by atoms with van der Waals surface area (Å²) in [5.41, 5.74) is 3.73. The summed E-state index contributed by atoms with van der Waals surface area (Å²) in [7, 11) is 0. The van der Waals surface area contributed by atoms with E-state index in [1.807, 2.05) is 36.1 Å². The number of hydrogen-bond donors (Lipinski definition) is 2. The molecule has 27 heavy (non-hydrogen) atoms. The number of rotatable bonds is 5. The Morgan fingerprint density at radius 1 is 1.11 bits per heavy atom. The Balaban J connectivity index is 1.69. The molecule has 1 aliphatic heterocycles. The highest BCUT2D eigenvalue weighted by Gasteiger charge is 2.20. The van der Waals surface area contributed by atoms with Crippen molar-refractivity contribution in [1.29, 1.82) is 0 Å². The molecule has 0 spiro atoms. The molecule has 6 nitrogen and oxygen atoms in total. The first-order valence-electron chi connectivity index (χ1n) is 8.98. The number of aryl methyl sites for hydroxylation is 1. The van der Waals surface area contributed by atoms with Gasteiger partial charge in [-0.2, -0.15) is 0 Å². The van der Waals surface area contributed by atoms with E-state index < -0.39 is 0 Å². The van der Waals surface area contributed by atoms with Crippen LogP contribution in [-0.2, 0) is 16.1 Å². The van der Waals surface area contributed by atoms with Crippen LogP contribution < -0.4 is 10.6 Å². The second kappa shape index (κ2) is 8.03. The van der Waals surface area contributed by atoms with Crippen LogP contribution in [0.15, 0.2) is 42.5 Å². The van der Waals surface area contributed by atoms with Gasteiger partial charge in [0, 0.05) is 43.4 Å². The molecule has 140 valence electrons. The van der Waals surface area contributed by atoms with Crippen LogP contribution in [0.3, 0.4) is 0 Å². The molecule has 3 amide bonds. The second-order valence-electron chi connectivity index (χ2n) is 6.78. The van der Waals surface area contributed by atoms with E-state index >= 15 is 0 Å². The maximum absolute atomic E-state index is 12.6. The van der Waals surface area contributed by atoms with Gasteiger partial charge in [0.2, 0.25) is 11.8 Å². The van der Waals surface area contributed by atoms with E-state index in [-0.39, 0.29) is 17.7 Å². The summed E-state index contributed by atoms with van der Waals surface area (Å²) >= 11 is 0. The fraction of sp³-hybridized carbons (Fsp3) is 0.286. The second-order valence-corrected chi connectivity index (χ2v) is 6.78. The largest absolute Gasteiger partial charge is 0.338 e. The third kappa shape index (κ3) is 4.73. The molecule has 0 saturated carbocycles. The van der Waals surface area contributed by atoms with Crippen molar-refractivity contribution in [2.75, 3.05) is 17.2 Å². The lowest BCUT2D eigenvalue weighted by Gasteiger charge is -2.16. The van der Waals surface area contributed by atoms with Crippen LogP contribution in [0.1, 0.15) is 41.3 Å². The Kier molecular flexibility index (Phi) is 5.54. The third-order valence-corrected chi connectivity index (χ3v) is 4.53. The van der Waals surface area contributed by atoms with Crippen LogP contribution in [0, 0.1) is 6.92 Å². The van der Waals surface area contributed by atoms with Gasteiger partial charge >= 0.3 is 0 Å². The number of hydrogen-bond acceptors (Lipinski definition) is 3. The summed E-state index contributed by atoms with van der Waals surface area (Å²) in [6.45, 7) is 4.63. The van der Waals surface area contributed by atoms with Crippen molar-refractivity contribution in [2.24, 2.45) is 0 Å². The molecule has 1 heterocycles. The van der Waals surface area contributed by atoms with Gasteiger partial charge in [0.1, 0.15) is 0 Å². The molecular weight excluding hydrogens is 342 g/mol. The molecule has 6 heteroatoms. The molecular formula is C21H23N3O3. The van der Waals surface area contributed by atoms with Gasteiger partial charge in [-0.3, -0.25) is 14.4 Å². The van der Waals surface area contributed by atoms with Crippen LogP contribution in [0.4, 0.5) is 11.4 Å². The van der Waals surface area contributed by atoms with E-state index in [2.05, 4.69) is 10.6 Å². The van der Waals surface area contributed by atoms with Crippen LogP contribution in [0.5, 0.6) is 0 Å². The van der Waals surface area contributed by atoms with E-state index in [0.29, 0.717) is 24.2 Å². The third-order valence-electron chi connectivity index (χ3n) is 4.53. The zero-order valence-corrected chi connectivity index (χ0v) is 15.5. The zero-order valence-electron chi connectivity index (χ0n) is 15.5. The highest BCUT2D eigenvalue weighted by Crippen LogP contribution is 2.21. The maximum Gasteiger partial charge on any atom is 0.255 e. The van der Waals surface area contributed by atoms with Gasteiger partial charge in [0.05, 0.1) is 0 Å². The summed E-state index contributed by atoms with van der Waals surface area (Å²) in [5, 5.41) is 5.62. The number of anilines is 2. The lowest BCUT2D eigenvalue weighted by atomic mass is 10.1. The molecule has 3 rings (SSSR count). The predicted octanol–water partition coefficient (Wildman–Crippen LogP) is 3.33. The van der Waals surface area contributed by atoms with Gasteiger partial charge in [-0.25, -0.2) is 0 Å². The SMILES string of the molecule is CC(=O)Nc1ccc(NC(=O)c2cccc(CN3CCCC3=O)c2)cc1C. The molecule has 1 fully saturated rings. The number of nitrogens with one attached hydrogen (secondary N) is 2. The number of nitrogens with zero attached hydrogens (tertiary/aromatic N) is 1. The predicted molar refractivity (Wildman–Crippen MR) is 105 cm³/mol. The highest BCUT2D eigenvalue weighted by atomic mass is 16.2. The van der Waals surface area contributed by atoms with Crippen molar-refractivity contribution in [1.82, 2.24) is 4.90 Å².